The van der Waals surface area contributed by atoms with Crippen molar-refractivity contribution in [1.29, 1.82) is 0 Å². The summed E-state index contributed by atoms with van der Waals surface area (Å²) in [5.74, 6) is -2.07. The maximum absolute atomic E-state index is 13.1. The number of anilines is 1. The molecule has 0 aliphatic carbocycles. The van der Waals surface area contributed by atoms with Crippen LogP contribution in [0, 0.1) is 5.82 Å². The molecule has 0 saturated heterocycles. The lowest BCUT2D eigenvalue weighted by atomic mass is 10.2. The highest BCUT2D eigenvalue weighted by molar-refractivity contribution is 5.89. The zero-order chi connectivity index (χ0) is 12.8. The Hall–Kier alpha value is -1.66. The average molecular weight is 243 g/mol. The maximum Gasteiger partial charge on any atom is 0.338 e. The Morgan fingerprint density at radius 2 is 2.12 bits per heavy atom. The van der Waals surface area contributed by atoms with Crippen molar-refractivity contribution in [2.75, 3.05) is 26.1 Å². The Morgan fingerprint density at radius 1 is 1.47 bits per heavy atom. The fourth-order valence-corrected chi connectivity index (χ4v) is 1.26. The van der Waals surface area contributed by atoms with Crippen LogP contribution in [0.25, 0.3) is 0 Å². The predicted octanol–water partition coefficient (Wildman–Crippen LogP) is 1.55. The van der Waals surface area contributed by atoms with E-state index in [1.165, 1.54) is 26.4 Å². The van der Waals surface area contributed by atoms with E-state index in [4.69, 9.17) is 14.6 Å². The molecule has 0 unspecified atom stereocenters. The van der Waals surface area contributed by atoms with Crippen molar-refractivity contribution in [2.24, 2.45) is 0 Å². The van der Waals surface area contributed by atoms with Gasteiger partial charge in [0.05, 0.1) is 12.1 Å². The molecule has 1 aromatic carbocycles. The monoisotopic (exact) mass is 243 g/mol. The first-order chi connectivity index (χ1) is 8.08. The van der Waals surface area contributed by atoms with Gasteiger partial charge in [-0.25, -0.2) is 9.18 Å². The van der Waals surface area contributed by atoms with E-state index in [2.05, 4.69) is 5.32 Å². The van der Waals surface area contributed by atoms with Gasteiger partial charge in [0.15, 0.2) is 6.29 Å². The molecule has 17 heavy (non-hydrogen) atoms. The molecule has 0 radical (unpaired) electrons. The molecular formula is C11H14FNO4. The number of nitrogens with one attached hydrogen (secondary N) is 1. The molecule has 0 aliphatic heterocycles. The van der Waals surface area contributed by atoms with Gasteiger partial charge in [0, 0.05) is 19.9 Å². The van der Waals surface area contributed by atoms with Crippen LogP contribution >= 0.6 is 0 Å². The highest BCUT2D eigenvalue weighted by atomic mass is 19.1. The summed E-state index contributed by atoms with van der Waals surface area (Å²) >= 11 is 0. The number of ether oxygens (including phenoxy) is 2. The van der Waals surface area contributed by atoms with Crippen LogP contribution in [0.15, 0.2) is 18.2 Å². The molecule has 1 rings (SSSR count). The molecule has 0 spiro atoms. The summed E-state index contributed by atoms with van der Waals surface area (Å²) in [6.07, 6.45) is -0.451. The van der Waals surface area contributed by atoms with Gasteiger partial charge in [-0.1, -0.05) is 0 Å². The maximum atomic E-state index is 13.1. The number of carboxylic acids is 1. The molecule has 0 aromatic heterocycles. The molecule has 0 amide bonds. The Labute approximate surface area is 98.2 Å². The zero-order valence-corrected chi connectivity index (χ0v) is 9.57. The second-order valence-electron chi connectivity index (χ2n) is 3.28. The minimum Gasteiger partial charge on any atom is -0.478 e. The smallest absolute Gasteiger partial charge is 0.338 e. The third-order valence-electron chi connectivity index (χ3n) is 2.20. The van der Waals surface area contributed by atoms with E-state index >= 15 is 0 Å². The Bertz CT molecular complexity index is 393. The fraction of sp³-hybridized carbons (Fsp3) is 0.364. The van der Waals surface area contributed by atoms with Crippen molar-refractivity contribution in [1.82, 2.24) is 0 Å². The number of rotatable bonds is 6. The molecule has 5 nitrogen and oxygen atoms in total. The lowest BCUT2D eigenvalue weighted by molar-refractivity contribution is -0.0914. The van der Waals surface area contributed by atoms with Crippen LogP contribution in [0.2, 0.25) is 0 Å². The number of aromatic carboxylic acids is 1. The second-order valence-corrected chi connectivity index (χ2v) is 3.28. The zero-order valence-electron chi connectivity index (χ0n) is 9.57. The van der Waals surface area contributed by atoms with Crippen LogP contribution in [0.3, 0.4) is 0 Å². The number of benzene rings is 1. The molecule has 0 heterocycles. The largest absolute Gasteiger partial charge is 0.478 e. The molecular weight excluding hydrogens is 229 g/mol. The van der Waals surface area contributed by atoms with Crippen molar-refractivity contribution in [3.63, 3.8) is 0 Å². The average Bonchev–Trinajstić information content (AvgIpc) is 2.32. The summed E-state index contributed by atoms with van der Waals surface area (Å²) < 4.78 is 23.0. The number of carboxylic acid groups (broad SMARTS) is 1. The first kappa shape index (κ1) is 13.4. The van der Waals surface area contributed by atoms with E-state index in [-0.39, 0.29) is 5.56 Å². The van der Waals surface area contributed by atoms with Gasteiger partial charge in [-0.2, -0.15) is 0 Å². The number of hydrogen-bond donors (Lipinski definition) is 2. The quantitative estimate of drug-likeness (QED) is 0.742. The molecule has 0 aliphatic rings. The van der Waals surface area contributed by atoms with Crippen molar-refractivity contribution in [3.8, 4) is 0 Å². The summed E-state index contributed by atoms with van der Waals surface area (Å²) in [5.41, 5.74) is 0.115. The second kappa shape index (κ2) is 6.17. The van der Waals surface area contributed by atoms with E-state index in [9.17, 15) is 9.18 Å². The van der Waals surface area contributed by atoms with Crippen molar-refractivity contribution < 1.29 is 23.8 Å². The summed E-state index contributed by atoms with van der Waals surface area (Å²) in [6.45, 7) is 0.331. The fourth-order valence-electron chi connectivity index (χ4n) is 1.26. The number of hydrogen-bond acceptors (Lipinski definition) is 4. The summed E-state index contributed by atoms with van der Waals surface area (Å²) in [4.78, 5) is 10.7. The van der Waals surface area contributed by atoms with Crippen LogP contribution in [0.5, 0.6) is 0 Å². The van der Waals surface area contributed by atoms with Gasteiger partial charge in [-0.15, -0.1) is 0 Å². The van der Waals surface area contributed by atoms with Crippen molar-refractivity contribution in [2.45, 2.75) is 6.29 Å². The van der Waals surface area contributed by atoms with E-state index in [1.54, 1.807) is 0 Å². The topological polar surface area (TPSA) is 67.8 Å². The molecule has 0 saturated carbocycles. The summed E-state index contributed by atoms with van der Waals surface area (Å²) in [7, 11) is 2.98. The first-order valence-corrected chi connectivity index (χ1v) is 4.90. The summed E-state index contributed by atoms with van der Waals surface area (Å²) in [6, 6.07) is 3.77. The molecule has 94 valence electrons. The van der Waals surface area contributed by atoms with E-state index in [1.807, 2.05) is 0 Å². The van der Waals surface area contributed by atoms with Crippen LogP contribution in [0.4, 0.5) is 10.1 Å². The van der Waals surface area contributed by atoms with Crippen molar-refractivity contribution in [3.05, 3.63) is 29.6 Å². The van der Waals surface area contributed by atoms with Crippen LogP contribution in [0.1, 0.15) is 10.4 Å². The molecule has 0 bridgehead atoms. The van der Waals surface area contributed by atoms with E-state index in [0.29, 0.717) is 12.2 Å². The number of carbonyl (C=O) groups is 1. The highest BCUT2D eigenvalue weighted by Crippen LogP contribution is 2.15. The number of halogens is 1. The standard InChI is InChI=1S/C11H14FNO4/c1-16-10(17-2)6-13-7-3-4-9(12)8(5-7)11(14)15/h3-5,10,13H,6H2,1-2H3,(H,14,15). The van der Waals surface area contributed by atoms with Gasteiger partial charge in [-0.05, 0) is 18.2 Å². The third-order valence-corrected chi connectivity index (χ3v) is 2.20. The molecule has 0 atom stereocenters. The number of methoxy groups -OCH3 is 2. The van der Waals surface area contributed by atoms with Gasteiger partial charge in [0.25, 0.3) is 0 Å². The van der Waals surface area contributed by atoms with Gasteiger partial charge >= 0.3 is 5.97 Å². The molecule has 2 N–H and O–H groups in total. The molecule has 1 aromatic rings. The normalized spacial score (nSPS) is 10.6. The first-order valence-electron chi connectivity index (χ1n) is 4.90. The minimum absolute atomic E-state index is 0.331. The highest BCUT2D eigenvalue weighted by Gasteiger charge is 2.11. The lowest BCUT2D eigenvalue weighted by Crippen LogP contribution is -2.23. The van der Waals surface area contributed by atoms with Gasteiger partial charge in [0.1, 0.15) is 5.82 Å². The predicted molar refractivity (Wildman–Crippen MR) is 59.7 cm³/mol. The molecule has 0 fully saturated rings. The van der Waals surface area contributed by atoms with Gasteiger partial charge < -0.3 is 19.9 Å². The summed E-state index contributed by atoms with van der Waals surface area (Å²) in [5, 5.41) is 11.6. The van der Waals surface area contributed by atoms with Gasteiger partial charge in [-0.3, -0.25) is 0 Å². The van der Waals surface area contributed by atoms with E-state index < -0.39 is 18.1 Å². The third kappa shape index (κ3) is 3.69. The van der Waals surface area contributed by atoms with Crippen LogP contribution in [-0.2, 0) is 9.47 Å². The van der Waals surface area contributed by atoms with Gasteiger partial charge in [0.2, 0.25) is 0 Å². The Morgan fingerprint density at radius 3 is 2.65 bits per heavy atom. The molecule has 6 heteroatoms. The Kier molecular flexibility index (Phi) is 4.86. The lowest BCUT2D eigenvalue weighted by Gasteiger charge is -2.15. The Balaban J connectivity index is 2.72. The van der Waals surface area contributed by atoms with Crippen molar-refractivity contribution >= 4 is 11.7 Å². The van der Waals surface area contributed by atoms with Crippen LogP contribution < -0.4 is 5.32 Å². The minimum atomic E-state index is -1.30. The SMILES string of the molecule is COC(CNc1ccc(F)c(C(=O)O)c1)OC. The van der Waals surface area contributed by atoms with E-state index in [0.717, 1.165) is 6.07 Å². The van der Waals surface area contributed by atoms with Crippen LogP contribution in [-0.4, -0.2) is 38.1 Å².